The first-order valence-electron chi connectivity index (χ1n) is 6.67. The van der Waals surface area contributed by atoms with Gasteiger partial charge in [-0.1, -0.05) is 24.3 Å². The minimum atomic E-state index is -0.869. The van der Waals surface area contributed by atoms with Crippen molar-refractivity contribution < 1.29 is 9.90 Å². The molecule has 21 heavy (non-hydrogen) atoms. The molecule has 6 heteroatoms. The van der Waals surface area contributed by atoms with E-state index in [4.69, 9.17) is 0 Å². The molecule has 0 bridgehead atoms. The zero-order chi connectivity index (χ0) is 15.0. The largest absolute Gasteiger partial charge is 0.386 e. The zero-order valence-electron chi connectivity index (χ0n) is 11.8. The number of nitrogens with one attached hydrogen (secondary N) is 2. The number of hydrogen-bond acceptors (Lipinski definition) is 5. The third-order valence-electron chi connectivity index (χ3n) is 3.33. The van der Waals surface area contributed by atoms with Gasteiger partial charge >= 0.3 is 0 Å². The molecule has 0 fully saturated rings. The Balaban J connectivity index is 1.92. The Labute approximate surface area is 122 Å². The lowest BCUT2D eigenvalue weighted by Gasteiger charge is -2.19. The predicted molar refractivity (Wildman–Crippen MR) is 79.8 cm³/mol. The van der Waals surface area contributed by atoms with Gasteiger partial charge in [0.05, 0.1) is 24.0 Å². The number of carbonyl (C=O) groups is 1. The van der Waals surface area contributed by atoms with E-state index in [0.29, 0.717) is 17.3 Å². The number of amides is 1. The van der Waals surface area contributed by atoms with Gasteiger partial charge in [-0.2, -0.15) is 0 Å². The van der Waals surface area contributed by atoms with Crippen molar-refractivity contribution >= 4 is 17.5 Å². The minimum absolute atomic E-state index is 0.126. The van der Waals surface area contributed by atoms with Crippen molar-refractivity contribution in [2.45, 2.75) is 19.4 Å². The fourth-order valence-electron chi connectivity index (χ4n) is 2.13. The maximum absolute atomic E-state index is 11.2. The molecule has 0 spiro atoms. The van der Waals surface area contributed by atoms with Gasteiger partial charge in [0.15, 0.2) is 11.6 Å². The second-order valence-electron chi connectivity index (χ2n) is 5.49. The molecule has 0 unspecified atom stereocenters. The fraction of sp³-hybridized carbons (Fsp3) is 0.267. The van der Waals surface area contributed by atoms with Gasteiger partial charge in [-0.25, -0.2) is 9.97 Å². The van der Waals surface area contributed by atoms with E-state index in [1.54, 1.807) is 20.0 Å². The highest BCUT2D eigenvalue weighted by molar-refractivity contribution is 5.98. The fourth-order valence-corrected chi connectivity index (χ4v) is 2.13. The van der Waals surface area contributed by atoms with E-state index in [1.165, 1.54) is 0 Å². The molecular formula is C15H16N4O2. The molecule has 108 valence electrons. The molecule has 3 N–H and O–H groups in total. The quantitative estimate of drug-likeness (QED) is 0.782. The van der Waals surface area contributed by atoms with Crippen molar-refractivity contribution in [1.82, 2.24) is 9.97 Å². The number of aromatic nitrogens is 2. The smallest absolute Gasteiger partial charge is 0.244 e. The molecule has 2 aromatic rings. The normalized spacial score (nSPS) is 14.1. The monoisotopic (exact) mass is 284 g/mol. The van der Waals surface area contributed by atoms with Crippen molar-refractivity contribution in [3.05, 3.63) is 36.0 Å². The van der Waals surface area contributed by atoms with Gasteiger partial charge in [0.25, 0.3) is 0 Å². The zero-order valence-corrected chi connectivity index (χ0v) is 11.8. The molecule has 6 nitrogen and oxygen atoms in total. The number of nitrogens with zero attached hydrogens (tertiary/aromatic N) is 2. The van der Waals surface area contributed by atoms with Crippen molar-refractivity contribution in [1.29, 1.82) is 0 Å². The molecule has 3 rings (SSSR count). The summed E-state index contributed by atoms with van der Waals surface area (Å²) in [5, 5.41) is 15.5. The summed E-state index contributed by atoms with van der Waals surface area (Å²) in [6.45, 7) is 3.68. The third kappa shape index (κ3) is 2.71. The summed E-state index contributed by atoms with van der Waals surface area (Å²) in [5.41, 5.74) is 1.57. The van der Waals surface area contributed by atoms with Gasteiger partial charge in [0, 0.05) is 5.56 Å². The topological polar surface area (TPSA) is 87.1 Å². The summed E-state index contributed by atoms with van der Waals surface area (Å²) in [7, 11) is 0. The first kappa shape index (κ1) is 13.5. The van der Waals surface area contributed by atoms with E-state index in [9.17, 15) is 9.90 Å². The van der Waals surface area contributed by atoms with Crippen LogP contribution in [0.2, 0.25) is 0 Å². The molecule has 0 atom stereocenters. The molecule has 0 radical (unpaired) electrons. The standard InChI is InChI=1S/C15H16N4O2/c1-15(2,21)10-5-3-9(4-6-10)11-7-16-14-13(18-11)17-8-12(20)19-14/h3-7,21H,8H2,1-2H3,(H,17,18)(H,16,19,20). The van der Waals surface area contributed by atoms with Crippen LogP contribution in [0.15, 0.2) is 30.5 Å². The summed E-state index contributed by atoms with van der Waals surface area (Å²) in [4.78, 5) is 19.9. The summed E-state index contributed by atoms with van der Waals surface area (Å²) < 4.78 is 0. The molecule has 0 saturated carbocycles. The number of rotatable bonds is 2. The molecule has 1 amide bonds. The Morgan fingerprint density at radius 1 is 1.19 bits per heavy atom. The Morgan fingerprint density at radius 2 is 1.90 bits per heavy atom. The summed E-state index contributed by atoms with van der Waals surface area (Å²) in [6, 6.07) is 7.52. The Morgan fingerprint density at radius 3 is 2.57 bits per heavy atom. The highest BCUT2D eigenvalue weighted by atomic mass is 16.3. The van der Waals surface area contributed by atoms with E-state index in [-0.39, 0.29) is 12.5 Å². The molecule has 0 saturated heterocycles. The van der Waals surface area contributed by atoms with Crippen LogP contribution in [0.25, 0.3) is 11.3 Å². The molecule has 1 aliphatic heterocycles. The first-order chi connectivity index (χ1) is 9.93. The van der Waals surface area contributed by atoms with E-state index in [2.05, 4.69) is 20.6 Å². The highest BCUT2D eigenvalue weighted by Crippen LogP contribution is 2.26. The summed E-state index contributed by atoms with van der Waals surface area (Å²) in [5.74, 6) is 0.890. The van der Waals surface area contributed by atoms with Crippen LogP contribution in [0.1, 0.15) is 19.4 Å². The lowest BCUT2D eigenvalue weighted by atomic mass is 9.97. The lowest BCUT2D eigenvalue weighted by Crippen LogP contribution is -2.28. The van der Waals surface area contributed by atoms with Crippen molar-refractivity contribution in [2.24, 2.45) is 0 Å². The minimum Gasteiger partial charge on any atom is -0.386 e. The number of hydrogen-bond donors (Lipinski definition) is 3. The number of fused-ring (bicyclic) bond motifs is 1. The number of carbonyl (C=O) groups excluding carboxylic acids is 1. The van der Waals surface area contributed by atoms with E-state index in [0.717, 1.165) is 11.1 Å². The van der Waals surface area contributed by atoms with Crippen LogP contribution in [0.3, 0.4) is 0 Å². The van der Waals surface area contributed by atoms with Crippen molar-refractivity contribution in [2.75, 3.05) is 17.2 Å². The maximum Gasteiger partial charge on any atom is 0.244 e. The number of benzene rings is 1. The molecule has 1 aromatic heterocycles. The van der Waals surface area contributed by atoms with Gasteiger partial charge < -0.3 is 15.7 Å². The van der Waals surface area contributed by atoms with Crippen LogP contribution < -0.4 is 10.6 Å². The van der Waals surface area contributed by atoms with Gasteiger partial charge in [-0.3, -0.25) is 4.79 Å². The average molecular weight is 284 g/mol. The van der Waals surface area contributed by atoms with Gasteiger partial charge in [0.2, 0.25) is 5.91 Å². The summed E-state index contributed by atoms with van der Waals surface area (Å²) >= 11 is 0. The molecule has 1 aliphatic rings. The Hall–Kier alpha value is -2.47. The lowest BCUT2D eigenvalue weighted by molar-refractivity contribution is -0.114. The van der Waals surface area contributed by atoms with Crippen molar-refractivity contribution in [3.63, 3.8) is 0 Å². The SMILES string of the molecule is CC(C)(O)c1ccc(-c2cnc3c(n2)NCC(=O)N3)cc1. The van der Waals surface area contributed by atoms with Crippen LogP contribution >= 0.6 is 0 Å². The molecule has 0 aliphatic carbocycles. The Kier molecular flexibility index (Phi) is 3.10. The van der Waals surface area contributed by atoms with Crippen LogP contribution in [-0.4, -0.2) is 27.5 Å². The molecular weight excluding hydrogens is 268 g/mol. The van der Waals surface area contributed by atoms with E-state index >= 15 is 0 Å². The number of aliphatic hydroxyl groups is 1. The van der Waals surface area contributed by atoms with Crippen LogP contribution in [0.4, 0.5) is 11.6 Å². The predicted octanol–water partition coefficient (Wildman–Crippen LogP) is 1.73. The second kappa shape index (κ2) is 4.82. The van der Waals surface area contributed by atoms with E-state index in [1.807, 2.05) is 24.3 Å². The molecule has 2 heterocycles. The van der Waals surface area contributed by atoms with E-state index < -0.39 is 5.60 Å². The van der Waals surface area contributed by atoms with Gasteiger partial charge in [-0.05, 0) is 19.4 Å². The molecule has 1 aromatic carbocycles. The van der Waals surface area contributed by atoms with Crippen molar-refractivity contribution in [3.8, 4) is 11.3 Å². The average Bonchev–Trinajstić information content (AvgIpc) is 2.46. The Bertz CT molecular complexity index is 690. The van der Waals surface area contributed by atoms with Gasteiger partial charge in [0.1, 0.15) is 0 Å². The van der Waals surface area contributed by atoms with Crippen LogP contribution in [0.5, 0.6) is 0 Å². The highest BCUT2D eigenvalue weighted by Gasteiger charge is 2.18. The second-order valence-corrected chi connectivity index (χ2v) is 5.49. The van der Waals surface area contributed by atoms with Gasteiger partial charge in [-0.15, -0.1) is 0 Å². The third-order valence-corrected chi connectivity index (χ3v) is 3.33. The van der Waals surface area contributed by atoms with Crippen LogP contribution in [0, 0.1) is 0 Å². The van der Waals surface area contributed by atoms with Crippen LogP contribution in [-0.2, 0) is 10.4 Å². The number of anilines is 2. The first-order valence-corrected chi connectivity index (χ1v) is 6.67. The summed E-state index contributed by atoms with van der Waals surface area (Å²) in [6.07, 6.45) is 1.62. The maximum atomic E-state index is 11.2.